The normalized spacial score (nSPS) is 33.1. The molecule has 0 bridgehead atoms. The van der Waals surface area contributed by atoms with Crippen LogP contribution in [0, 0.1) is 17.8 Å². The maximum absolute atomic E-state index is 13.0. The van der Waals surface area contributed by atoms with Gasteiger partial charge < -0.3 is 19.5 Å². The van der Waals surface area contributed by atoms with E-state index in [1.807, 2.05) is 4.90 Å². The molecule has 3 aliphatic heterocycles. The summed E-state index contributed by atoms with van der Waals surface area (Å²) in [6.45, 7) is 8.89. The molecule has 0 spiro atoms. The Balaban J connectivity index is 1.67. The first-order valence-electron chi connectivity index (χ1n) is 9.53. The van der Waals surface area contributed by atoms with E-state index in [1.54, 1.807) is 0 Å². The molecular formula is C18H32N2O4. The number of aliphatic hydroxyl groups excluding tert-OH is 1. The zero-order chi connectivity index (χ0) is 16.9. The summed E-state index contributed by atoms with van der Waals surface area (Å²) in [5, 5.41) is 10.0. The maximum atomic E-state index is 13.0. The van der Waals surface area contributed by atoms with Crippen molar-refractivity contribution in [2.45, 2.75) is 32.2 Å². The van der Waals surface area contributed by atoms with Gasteiger partial charge in [0.25, 0.3) is 0 Å². The van der Waals surface area contributed by atoms with Crippen LogP contribution in [0.4, 0.5) is 0 Å². The highest BCUT2D eigenvalue weighted by atomic mass is 16.5. The number of hydrogen-bond acceptors (Lipinski definition) is 5. The number of morpholine rings is 1. The van der Waals surface area contributed by atoms with Crippen molar-refractivity contribution in [1.82, 2.24) is 9.80 Å². The summed E-state index contributed by atoms with van der Waals surface area (Å²) in [6, 6.07) is -0.0341. The van der Waals surface area contributed by atoms with Crippen molar-refractivity contribution in [3.8, 4) is 0 Å². The van der Waals surface area contributed by atoms with Gasteiger partial charge in [-0.3, -0.25) is 9.69 Å². The molecule has 0 aliphatic carbocycles. The first-order chi connectivity index (χ1) is 11.7. The lowest BCUT2D eigenvalue weighted by atomic mass is 9.88. The van der Waals surface area contributed by atoms with Crippen LogP contribution in [0.1, 0.15) is 26.2 Å². The van der Waals surface area contributed by atoms with Gasteiger partial charge in [-0.1, -0.05) is 13.3 Å². The summed E-state index contributed by atoms with van der Waals surface area (Å²) < 4.78 is 10.8. The number of aliphatic hydroxyl groups is 1. The van der Waals surface area contributed by atoms with Gasteiger partial charge in [-0.05, 0) is 24.7 Å². The van der Waals surface area contributed by atoms with Crippen LogP contribution in [0.2, 0.25) is 0 Å². The van der Waals surface area contributed by atoms with Gasteiger partial charge in [0.2, 0.25) is 5.91 Å². The molecule has 3 heterocycles. The number of amides is 1. The topological polar surface area (TPSA) is 62.2 Å². The van der Waals surface area contributed by atoms with Crippen molar-refractivity contribution in [2.24, 2.45) is 17.8 Å². The zero-order valence-corrected chi connectivity index (χ0v) is 14.9. The van der Waals surface area contributed by atoms with Gasteiger partial charge in [0.05, 0.1) is 25.9 Å². The Morgan fingerprint density at radius 2 is 1.79 bits per heavy atom. The molecule has 0 aromatic rings. The van der Waals surface area contributed by atoms with Crippen molar-refractivity contribution in [3.63, 3.8) is 0 Å². The lowest BCUT2D eigenvalue weighted by Crippen LogP contribution is -2.47. The highest BCUT2D eigenvalue weighted by Gasteiger charge is 2.44. The van der Waals surface area contributed by atoms with Crippen molar-refractivity contribution in [2.75, 3.05) is 59.2 Å². The molecule has 24 heavy (non-hydrogen) atoms. The Morgan fingerprint density at radius 1 is 1.12 bits per heavy atom. The molecule has 1 N–H and O–H groups in total. The predicted molar refractivity (Wildman–Crippen MR) is 90.7 cm³/mol. The molecule has 3 fully saturated rings. The van der Waals surface area contributed by atoms with Gasteiger partial charge in [0.1, 0.15) is 0 Å². The summed E-state index contributed by atoms with van der Waals surface area (Å²) in [4.78, 5) is 17.4. The second-order valence-electron chi connectivity index (χ2n) is 7.37. The Hall–Kier alpha value is -0.690. The van der Waals surface area contributed by atoms with E-state index in [0.29, 0.717) is 25.0 Å². The molecule has 3 rings (SSSR count). The Bertz CT molecular complexity index is 408. The van der Waals surface area contributed by atoms with E-state index in [-0.39, 0.29) is 24.5 Å². The highest BCUT2D eigenvalue weighted by molar-refractivity contribution is 5.79. The minimum atomic E-state index is -0.0341. The van der Waals surface area contributed by atoms with E-state index in [0.717, 1.165) is 58.7 Å². The molecule has 3 atom stereocenters. The molecule has 0 radical (unpaired) electrons. The van der Waals surface area contributed by atoms with Crippen LogP contribution in [-0.4, -0.2) is 86.1 Å². The van der Waals surface area contributed by atoms with E-state index in [2.05, 4.69) is 11.8 Å². The van der Waals surface area contributed by atoms with Crippen LogP contribution in [0.15, 0.2) is 0 Å². The minimum Gasteiger partial charge on any atom is -0.394 e. The third-order valence-electron chi connectivity index (χ3n) is 6.07. The van der Waals surface area contributed by atoms with Crippen molar-refractivity contribution in [3.05, 3.63) is 0 Å². The fourth-order valence-electron chi connectivity index (χ4n) is 4.52. The average molecular weight is 340 g/mol. The second-order valence-corrected chi connectivity index (χ2v) is 7.37. The number of likely N-dealkylation sites (tertiary alicyclic amines) is 1. The largest absolute Gasteiger partial charge is 0.394 e. The van der Waals surface area contributed by atoms with Crippen LogP contribution in [0.3, 0.4) is 0 Å². The molecule has 0 saturated carbocycles. The fraction of sp³-hybridized carbons (Fsp3) is 0.944. The van der Waals surface area contributed by atoms with Crippen LogP contribution < -0.4 is 0 Å². The van der Waals surface area contributed by atoms with Gasteiger partial charge in [-0.25, -0.2) is 0 Å². The molecule has 0 aromatic carbocycles. The first-order valence-corrected chi connectivity index (χ1v) is 9.53. The molecule has 6 nitrogen and oxygen atoms in total. The third-order valence-corrected chi connectivity index (χ3v) is 6.07. The molecule has 1 amide bonds. The monoisotopic (exact) mass is 340 g/mol. The van der Waals surface area contributed by atoms with Crippen LogP contribution in [0.25, 0.3) is 0 Å². The summed E-state index contributed by atoms with van der Waals surface area (Å²) >= 11 is 0. The van der Waals surface area contributed by atoms with E-state index >= 15 is 0 Å². The van der Waals surface area contributed by atoms with E-state index < -0.39 is 0 Å². The Morgan fingerprint density at radius 3 is 2.42 bits per heavy atom. The molecule has 138 valence electrons. The summed E-state index contributed by atoms with van der Waals surface area (Å²) in [5.74, 6) is 1.16. The lowest BCUT2D eigenvalue weighted by molar-refractivity contribution is -0.140. The van der Waals surface area contributed by atoms with Crippen LogP contribution in [0.5, 0.6) is 0 Å². The molecule has 3 aliphatic rings. The quantitative estimate of drug-likeness (QED) is 0.794. The molecular weight excluding hydrogens is 308 g/mol. The van der Waals surface area contributed by atoms with E-state index in [4.69, 9.17) is 9.47 Å². The standard InChI is InChI=1S/C18H32N2O4/c1-2-14-11-20(18(22)15-3-7-23-8-4-15)17(13-21)16(14)12-19-5-9-24-10-6-19/h14-17,21H,2-13H2,1H3/t14-,16-,17-/m1/s1. The number of nitrogens with zero attached hydrogens (tertiary/aromatic N) is 2. The van der Waals surface area contributed by atoms with Gasteiger partial charge in [0, 0.05) is 45.3 Å². The predicted octanol–water partition coefficient (Wildman–Crippen LogP) is 0.591. The molecule has 0 aromatic heterocycles. The maximum Gasteiger partial charge on any atom is 0.226 e. The number of ether oxygens (including phenoxy) is 2. The van der Waals surface area contributed by atoms with Gasteiger partial charge in [0.15, 0.2) is 0 Å². The van der Waals surface area contributed by atoms with Gasteiger partial charge in [-0.2, -0.15) is 0 Å². The smallest absolute Gasteiger partial charge is 0.226 e. The Kier molecular flexibility index (Phi) is 6.49. The molecule has 0 unspecified atom stereocenters. The average Bonchev–Trinajstić information content (AvgIpc) is 3.00. The van der Waals surface area contributed by atoms with Crippen molar-refractivity contribution >= 4 is 5.91 Å². The second kappa shape index (κ2) is 8.61. The van der Waals surface area contributed by atoms with E-state index in [1.165, 1.54) is 0 Å². The molecule has 6 heteroatoms. The number of rotatable bonds is 5. The highest BCUT2D eigenvalue weighted by Crippen LogP contribution is 2.35. The van der Waals surface area contributed by atoms with Gasteiger partial charge in [-0.15, -0.1) is 0 Å². The van der Waals surface area contributed by atoms with Crippen molar-refractivity contribution in [1.29, 1.82) is 0 Å². The van der Waals surface area contributed by atoms with E-state index in [9.17, 15) is 9.90 Å². The minimum absolute atomic E-state index is 0.0341. The molecule has 3 saturated heterocycles. The summed E-state index contributed by atoms with van der Waals surface area (Å²) in [7, 11) is 0. The number of carbonyl (C=O) groups excluding carboxylic acids is 1. The number of carbonyl (C=O) groups is 1. The fourth-order valence-corrected chi connectivity index (χ4v) is 4.52. The number of hydrogen-bond donors (Lipinski definition) is 1. The van der Waals surface area contributed by atoms with Crippen LogP contribution >= 0.6 is 0 Å². The summed E-state index contributed by atoms with van der Waals surface area (Å²) in [6.07, 6.45) is 2.69. The first kappa shape index (κ1) is 18.1. The SMILES string of the molecule is CC[C@@H]1CN(C(=O)C2CCOCC2)[C@H](CO)[C@@H]1CN1CCOCC1. The lowest BCUT2D eigenvalue weighted by Gasteiger charge is -2.34. The van der Waals surface area contributed by atoms with Crippen molar-refractivity contribution < 1.29 is 19.4 Å². The zero-order valence-electron chi connectivity index (χ0n) is 14.9. The third kappa shape index (κ3) is 3.93. The Labute approximate surface area is 145 Å². The van der Waals surface area contributed by atoms with Gasteiger partial charge >= 0.3 is 0 Å². The summed E-state index contributed by atoms with van der Waals surface area (Å²) in [5.41, 5.74) is 0. The van der Waals surface area contributed by atoms with Crippen LogP contribution in [-0.2, 0) is 14.3 Å².